The summed E-state index contributed by atoms with van der Waals surface area (Å²) >= 11 is 0. The molecule has 3 rings (SSSR count). The number of nitrogens with zero attached hydrogens (tertiary/aromatic N) is 2. The lowest BCUT2D eigenvalue weighted by atomic mass is 9.92. The highest BCUT2D eigenvalue weighted by molar-refractivity contribution is 5.97. The van der Waals surface area contributed by atoms with E-state index in [1.165, 1.54) is 19.2 Å². The molecule has 1 unspecified atom stereocenters. The van der Waals surface area contributed by atoms with Crippen LogP contribution in [0, 0.1) is 18.6 Å². The number of aliphatic hydroxyl groups is 1. The van der Waals surface area contributed by atoms with Crippen LogP contribution >= 0.6 is 0 Å². The van der Waals surface area contributed by atoms with Gasteiger partial charge in [-0.3, -0.25) is 14.8 Å². The lowest BCUT2D eigenvalue weighted by Gasteiger charge is -2.18. The average molecular weight is 450 g/mol. The summed E-state index contributed by atoms with van der Waals surface area (Å²) in [5.41, 5.74) is 0.621. The van der Waals surface area contributed by atoms with Gasteiger partial charge in [0.2, 0.25) is 0 Å². The molecule has 168 valence electrons. The first kappa shape index (κ1) is 23.5. The predicted octanol–water partition coefficient (Wildman–Crippen LogP) is 5.70. The fourth-order valence-electron chi connectivity index (χ4n) is 3.23. The zero-order chi connectivity index (χ0) is 23.6. The van der Waals surface area contributed by atoms with Gasteiger partial charge in [-0.05, 0) is 42.3 Å². The highest BCUT2D eigenvalue weighted by Crippen LogP contribution is 2.35. The molecule has 0 aliphatic rings. The van der Waals surface area contributed by atoms with Crippen molar-refractivity contribution in [1.29, 1.82) is 0 Å². The van der Waals surface area contributed by atoms with E-state index in [1.54, 1.807) is 19.1 Å². The first-order valence-electron chi connectivity index (χ1n) is 9.62. The number of aliphatic hydroxyl groups excluding tert-OH is 1. The molecule has 1 N–H and O–H groups in total. The van der Waals surface area contributed by atoms with Gasteiger partial charge in [-0.15, -0.1) is 0 Å². The van der Waals surface area contributed by atoms with Crippen LogP contribution in [0.15, 0.2) is 48.8 Å². The highest BCUT2D eigenvalue weighted by Gasteiger charge is 2.40. The summed E-state index contributed by atoms with van der Waals surface area (Å²) in [6.07, 6.45) is -5.68. The maximum atomic E-state index is 14.0. The van der Waals surface area contributed by atoms with Gasteiger partial charge < -0.3 is 5.11 Å². The van der Waals surface area contributed by atoms with Crippen LogP contribution in [-0.2, 0) is 0 Å². The molecule has 1 aromatic carbocycles. The van der Waals surface area contributed by atoms with Gasteiger partial charge in [-0.25, -0.2) is 8.78 Å². The zero-order valence-corrected chi connectivity index (χ0v) is 17.1. The Kier molecular flexibility index (Phi) is 6.68. The van der Waals surface area contributed by atoms with E-state index < -0.39 is 41.2 Å². The van der Waals surface area contributed by atoms with Gasteiger partial charge in [-0.2, -0.15) is 13.2 Å². The number of Topliss-reactive ketones (excluding diaryl/α,β-unsaturated/α-hetero) is 1. The number of aryl methyl sites for hydroxylation is 1. The lowest BCUT2D eigenvalue weighted by Crippen LogP contribution is -2.20. The van der Waals surface area contributed by atoms with E-state index >= 15 is 0 Å². The second-order valence-electron chi connectivity index (χ2n) is 7.56. The van der Waals surface area contributed by atoms with Crippen LogP contribution in [0.2, 0.25) is 0 Å². The molecule has 3 aromatic rings. The minimum atomic E-state index is -4.94. The summed E-state index contributed by atoms with van der Waals surface area (Å²) in [6, 6.07) is 7.39. The molecule has 0 amide bonds. The molecule has 32 heavy (non-hydrogen) atoms. The third-order valence-corrected chi connectivity index (χ3v) is 4.90. The Balaban J connectivity index is 1.99. The van der Waals surface area contributed by atoms with Crippen LogP contribution in [0.5, 0.6) is 0 Å². The summed E-state index contributed by atoms with van der Waals surface area (Å²) in [5, 5.41) is 9.75. The van der Waals surface area contributed by atoms with Crippen LogP contribution < -0.4 is 0 Å². The number of pyridine rings is 2. The van der Waals surface area contributed by atoms with Gasteiger partial charge >= 0.3 is 6.18 Å². The molecule has 2 aromatic heterocycles. The minimum absolute atomic E-state index is 0.0995. The predicted molar refractivity (Wildman–Crippen MR) is 107 cm³/mol. The molecule has 0 spiro atoms. The van der Waals surface area contributed by atoms with E-state index in [4.69, 9.17) is 0 Å². The van der Waals surface area contributed by atoms with Crippen molar-refractivity contribution in [2.24, 2.45) is 0 Å². The number of carbonyl (C=O) groups is 1. The fourth-order valence-corrected chi connectivity index (χ4v) is 3.23. The van der Waals surface area contributed by atoms with Crippen LogP contribution in [-0.4, -0.2) is 27.0 Å². The van der Waals surface area contributed by atoms with Crippen molar-refractivity contribution < 1.29 is 31.9 Å². The lowest BCUT2D eigenvalue weighted by molar-refractivity contribution is -0.206. The minimum Gasteiger partial charge on any atom is -0.379 e. The normalized spacial score (nSPS) is 13.6. The number of alkyl halides is 3. The van der Waals surface area contributed by atoms with E-state index in [2.05, 4.69) is 9.97 Å². The van der Waals surface area contributed by atoms with Crippen molar-refractivity contribution in [2.75, 3.05) is 0 Å². The first-order valence-corrected chi connectivity index (χ1v) is 9.62. The monoisotopic (exact) mass is 450 g/mol. The molecule has 0 saturated carbocycles. The van der Waals surface area contributed by atoms with Crippen molar-refractivity contribution in [1.82, 2.24) is 9.97 Å². The third kappa shape index (κ3) is 5.34. The van der Waals surface area contributed by atoms with Gasteiger partial charge in [-0.1, -0.05) is 13.0 Å². The van der Waals surface area contributed by atoms with E-state index in [0.717, 1.165) is 23.9 Å². The smallest absolute Gasteiger partial charge is 0.379 e. The number of hydrogen-bond donors (Lipinski definition) is 1. The van der Waals surface area contributed by atoms with E-state index in [0.29, 0.717) is 11.8 Å². The van der Waals surface area contributed by atoms with Gasteiger partial charge in [0.1, 0.15) is 11.6 Å². The van der Waals surface area contributed by atoms with Crippen LogP contribution in [0.4, 0.5) is 22.0 Å². The average Bonchev–Trinajstić information content (AvgIpc) is 2.72. The molecular formula is C23H19F5N2O2. The van der Waals surface area contributed by atoms with Gasteiger partial charge in [0.05, 0.1) is 17.6 Å². The Morgan fingerprint density at radius 2 is 1.78 bits per heavy atom. The van der Waals surface area contributed by atoms with Gasteiger partial charge in [0, 0.05) is 35.7 Å². The maximum absolute atomic E-state index is 14.0. The van der Waals surface area contributed by atoms with Crippen molar-refractivity contribution in [2.45, 2.75) is 38.5 Å². The Morgan fingerprint density at radius 3 is 2.38 bits per heavy atom. The second kappa shape index (κ2) is 9.12. The van der Waals surface area contributed by atoms with Crippen molar-refractivity contribution in [3.63, 3.8) is 0 Å². The molecule has 9 heteroatoms. The molecule has 2 heterocycles. The van der Waals surface area contributed by atoms with Crippen molar-refractivity contribution in [3.05, 3.63) is 82.8 Å². The summed E-state index contributed by atoms with van der Waals surface area (Å²) in [4.78, 5) is 20.7. The molecule has 0 aliphatic heterocycles. The number of benzene rings is 1. The quantitative estimate of drug-likeness (QED) is 0.386. The van der Waals surface area contributed by atoms with E-state index in [1.807, 2.05) is 0 Å². The van der Waals surface area contributed by atoms with E-state index in [9.17, 15) is 31.9 Å². The molecule has 0 fully saturated rings. The number of halogens is 5. The standard InChI is InChI=1S/C23H19F5N2O2/c1-12-3-4-19(29-10-12)14-6-15(8-16(7-14)22(32)23(26,27)28)20(31)5-13(2)21-18(25)9-17(24)11-30-21/h3-4,6-11,13,22,32H,5H2,1-2H3/t13-,22?/m0/s1. The Hall–Kier alpha value is -3.20. The molecule has 2 atom stereocenters. The number of ketones is 1. The summed E-state index contributed by atoms with van der Waals surface area (Å²) < 4.78 is 66.5. The molecule has 0 aliphatic carbocycles. The van der Waals surface area contributed by atoms with Gasteiger partial charge in [0.25, 0.3) is 0 Å². The number of rotatable bonds is 6. The summed E-state index contributed by atoms with van der Waals surface area (Å²) in [6.45, 7) is 3.29. The molecule has 4 nitrogen and oxygen atoms in total. The number of carbonyl (C=O) groups excluding carboxylic acids is 1. The molecule has 0 saturated heterocycles. The van der Waals surface area contributed by atoms with Crippen molar-refractivity contribution >= 4 is 5.78 Å². The first-order chi connectivity index (χ1) is 15.0. The summed E-state index contributed by atoms with van der Waals surface area (Å²) in [7, 11) is 0. The summed E-state index contributed by atoms with van der Waals surface area (Å²) in [5.74, 6) is -3.14. The molecule has 0 bridgehead atoms. The Bertz CT molecular complexity index is 1130. The topological polar surface area (TPSA) is 63.1 Å². The number of aromatic nitrogens is 2. The fraction of sp³-hybridized carbons (Fsp3) is 0.261. The van der Waals surface area contributed by atoms with Gasteiger partial charge in [0.15, 0.2) is 11.9 Å². The molecular weight excluding hydrogens is 431 g/mol. The third-order valence-electron chi connectivity index (χ3n) is 4.90. The Morgan fingerprint density at radius 1 is 1.06 bits per heavy atom. The Labute approximate surface area is 180 Å². The largest absolute Gasteiger partial charge is 0.418 e. The highest BCUT2D eigenvalue weighted by atomic mass is 19.4. The van der Waals surface area contributed by atoms with Crippen LogP contribution in [0.1, 0.15) is 52.5 Å². The second-order valence-corrected chi connectivity index (χ2v) is 7.56. The number of hydrogen-bond acceptors (Lipinski definition) is 4. The van der Waals surface area contributed by atoms with Crippen molar-refractivity contribution in [3.8, 4) is 11.3 Å². The van der Waals surface area contributed by atoms with E-state index in [-0.39, 0.29) is 23.2 Å². The zero-order valence-electron chi connectivity index (χ0n) is 17.1. The molecule has 0 radical (unpaired) electrons. The van der Waals surface area contributed by atoms with Crippen LogP contribution in [0.3, 0.4) is 0 Å². The maximum Gasteiger partial charge on any atom is 0.418 e. The SMILES string of the molecule is Cc1ccc(-c2cc(C(=O)C[C@H](C)c3ncc(F)cc3F)cc(C(O)C(F)(F)F)c2)nc1. The van der Waals surface area contributed by atoms with Crippen LogP contribution in [0.25, 0.3) is 11.3 Å².